The zero-order valence-electron chi connectivity index (χ0n) is 24.4. The van der Waals surface area contributed by atoms with Gasteiger partial charge in [0.15, 0.2) is 0 Å². The van der Waals surface area contributed by atoms with Crippen molar-refractivity contribution in [2.24, 2.45) is 16.3 Å². The Kier molecular flexibility index (Phi) is 20.9. The van der Waals surface area contributed by atoms with Crippen molar-refractivity contribution in [3.63, 3.8) is 0 Å². The molecule has 1 aromatic rings. The maximum absolute atomic E-state index is 9.75. The number of benzene rings is 1. The third-order valence-electron chi connectivity index (χ3n) is 6.79. The molecule has 198 valence electrons. The molecule has 0 aliphatic heterocycles. The molecule has 0 aliphatic carbocycles. The van der Waals surface area contributed by atoms with Crippen LogP contribution in [0.4, 0.5) is 0 Å². The second-order valence-corrected chi connectivity index (χ2v) is 11.9. The van der Waals surface area contributed by atoms with Crippen molar-refractivity contribution in [2.75, 3.05) is 0 Å². The number of rotatable bonds is 12. The highest BCUT2D eigenvalue weighted by atomic mass is 31.1. The quantitative estimate of drug-likeness (QED) is 0.229. The Bertz CT molecular complexity index is 656. The molecule has 3 heteroatoms. The first-order valence-electron chi connectivity index (χ1n) is 13.6. The Morgan fingerprint density at radius 2 is 1.74 bits per heavy atom. The van der Waals surface area contributed by atoms with E-state index < -0.39 is 0 Å². The van der Waals surface area contributed by atoms with Gasteiger partial charge < -0.3 is 4.89 Å². The van der Waals surface area contributed by atoms with E-state index in [0.29, 0.717) is 5.41 Å². The largest absolute Gasteiger partial charge is 0.376 e. The fourth-order valence-electron chi connectivity index (χ4n) is 4.33. The van der Waals surface area contributed by atoms with Crippen molar-refractivity contribution >= 4 is 15.5 Å². The molecule has 0 fully saturated rings. The average Bonchev–Trinajstić information content (AvgIpc) is 2.81. The molecule has 0 saturated heterocycles. The van der Waals surface area contributed by atoms with E-state index >= 15 is 0 Å². The van der Waals surface area contributed by atoms with Crippen LogP contribution in [0.2, 0.25) is 0 Å². The van der Waals surface area contributed by atoms with Crippen LogP contribution < -0.4 is 0 Å². The van der Waals surface area contributed by atoms with Crippen LogP contribution in [0.1, 0.15) is 125 Å². The smallest absolute Gasteiger partial charge is 0.0252 e. The molecule has 0 aromatic heterocycles. The lowest BCUT2D eigenvalue weighted by Crippen LogP contribution is -2.31. The molecule has 3 unspecified atom stereocenters. The van der Waals surface area contributed by atoms with E-state index in [2.05, 4.69) is 105 Å². The summed E-state index contributed by atoms with van der Waals surface area (Å²) in [7, 11) is 0.101. The zero-order chi connectivity index (χ0) is 26.6. The third-order valence-corrected chi connectivity index (χ3v) is 8.07. The van der Waals surface area contributed by atoms with Gasteiger partial charge in [-0.2, -0.15) is 0 Å². The first-order valence-corrected chi connectivity index (χ1v) is 14.6. The van der Waals surface area contributed by atoms with E-state index in [0.717, 1.165) is 31.6 Å². The van der Waals surface area contributed by atoms with E-state index in [1.165, 1.54) is 48.8 Å². The van der Waals surface area contributed by atoms with Crippen LogP contribution in [-0.2, 0) is 6.42 Å². The van der Waals surface area contributed by atoms with Gasteiger partial charge in [0.05, 0.1) is 0 Å². The molecule has 1 aromatic carbocycles. The summed E-state index contributed by atoms with van der Waals surface area (Å²) in [5.41, 5.74) is 4.54. The van der Waals surface area contributed by atoms with E-state index in [9.17, 15) is 4.89 Å². The molecule has 1 rings (SSSR count). The Labute approximate surface area is 216 Å². The highest BCUT2D eigenvalue weighted by Crippen LogP contribution is 2.46. The zero-order valence-corrected chi connectivity index (χ0v) is 25.4. The molecular formula is C31H58NOP. The lowest BCUT2D eigenvalue weighted by atomic mass is 9.73. The lowest BCUT2D eigenvalue weighted by molar-refractivity contribution is 0.190. The summed E-state index contributed by atoms with van der Waals surface area (Å²) in [6, 6.07) is 8.61. The topological polar surface area (TPSA) is 32.6 Å². The number of hydrogen-bond acceptors (Lipinski definition) is 2. The summed E-state index contributed by atoms with van der Waals surface area (Å²) >= 11 is 0. The molecule has 0 amide bonds. The van der Waals surface area contributed by atoms with Crippen LogP contribution >= 0.6 is 8.81 Å². The average molecular weight is 492 g/mol. The predicted octanol–water partition coefficient (Wildman–Crippen LogP) is 10.3. The van der Waals surface area contributed by atoms with Crippen molar-refractivity contribution in [3.8, 4) is 0 Å². The highest BCUT2D eigenvalue weighted by Gasteiger charge is 2.34. The van der Waals surface area contributed by atoms with Crippen molar-refractivity contribution in [1.29, 1.82) is 0 Å². The van der Waals surface area contributed by atoms with E-state index in [-0.39, 0.29) is 14.0 Å². The number of aliphatic imine (C=N–C) groups is 1. The number of allylic oxidation sites excluding steroid dienone is 1. The summed E-state index contributed by atoms with van der Waals surface area (Å²) in [5, 5.41) is 0.197. The van der Waals surface area contributed by atoms with Gasteiger partial charge >= 0.3 is 0 Å². The van der Waals surface area contributed by atoms with Crippen LogP contribution in [0.3, 0.4) is 0 Å². The second kappa shape index (κ2) is 20.2. The van der Waals surface area contributed by atoms with Gasteiger partial charge in [0.2, 0.25) is 0 Å². The number of hydrogen-bond donors (Lipinski definition) is 1. The molecule has 34 heavy (non-hydrogen) atoms. The molecule has 0 aliphatic rings. The Morgan fingerprint density at radius 1 is 1.09 bits per heavy atom. The molecule has 3 atom stereocenters. The van der Waals surface area contributed by atoms with E-state index in [1.807, 2.05) is 6.20 Å². The minimum Gasteiger partial charge on any atom is -0.376 e. The monoisotopic (exact) mass is 491 g/mol. The van der Waals surface area contributed by atoms with Crippen LogP contribution in [0.5, 0.6) is 0 Å². The van der Waals surface area contributed by atoms with Crippen molar-refractivity contribution < 1.29 is 4.89 Å². The van der Waals surface area contributed by atoms with Crippen LogP contribution in [0.15, 0.2) is 41.0 Å². The fraction of sp³-hybridized carbons (Fsp3) is 0.710. The molecule has 0 bridgehead atoms. The number of nitrogens with zero attached hydrogens (tertiary/aromatic N) is 1. The van der Waals surface area contributed by atoms with Gasteiger partial charge in [0.25, 0.3) is 0 Å². The maximum Gasteiger partial charge on any atom is 0.0252 e. The van der Waals surface area contributed by atoms with E-state index in [4.69, 9.17) is 0 Å². The maximum atomic E-state index is 9.75. The van der Waals surface area contributed by atoms with Crippen molar-refractivity contribution in [3.05, 3.63) is 47.2 Å². The summed E-state index contributed by atoms with van der Waals surface area (Å²) in [5.74, 6) is 0.721. The van der Waals surface area contributed by atoms with Gasteiger partial charge in [-0.25, -0.2) is 0 Å². The van der Waals surface area contributed by atoms with E-state index in [1.54, 1.807) is 0 Å². The highest BCUT2D eigenvalue weighted by molar-refractivity contribution is 7.33. The Morgan fingerprint density at radius 3 is 2.06 bits per heavy atom. The summed E-state index contributed by atoms with van der Waals surface area (Å²) in [4.78, 5) is 13.5. The molecule has 1 N–H and O–H groups in total. The predicted molar refractivity (Wildman–Crippen MR) is 160 cm³/mol. The van der Waals surface area contributed by atoms with Crippen molar-refractivity contribution in [2.45, 2.75) is 132 Å². The Hall–Kier alpha value is -0.980. The number of aryl methyl sites for hydroxylation is 2. The first-order chi connectivity index (χ1) is 16.0. The first kappa shape index (κ1) is 35.2. The second-order valence-electron chi connectivity index (χ2n) is 10.6. The SMILES string of the molecule is C=N/C=C(/CC)CCC.CCCC(CC)(CC(CC)C(C)(C)C)PO.CCc1cccc(C)c1. The normalized spacial score (nSPS) is 14.5. The van der Waals surface area contributed by atoms with Crippen molar-refractivity contribution in [1.82, 2.24) is 0 Å². The fourth-order valence-corrected chi connectivity index (χ4v) is 5.19. The summed E-state index contributed by atoms with van der Waals surface area (Å²) in [6.45, 7) is 25.7. The van der Waals surface area contributed by atoms with Gasteiger partial charge in [-0.3, -0.25) is 4.99 Å². The molecule has 0 radical (unpaired) electrons. The molecular weight excluding hydrogens is 433 g/mol. The van der Waals surface area contributed by atoms with Crippen LogP contribution in [0.25, 0.3) is 0 Å². The van der Waals surface area contributed by atoms with Gasteiger partial charge in [0, 0.05) is 20.2 Å². The summed E-state index contributed by atoms with van der Waals surface area (Å²) in [6.07, 6.45) is 12.4. The van der Waals surface area contributed by atoms with Gasteiger partial charge in [0.1, 0.15) is 0 Å². The molecule has 0 spiro atoms. The summed E-state index contributed by atoms with van der Waals surface area (Å²) < 4.78 is 0. The van der Waals surface area contributed by atoms with Crippen LogP contribution in [0, 0.1) is 18.3 Å². The van der Waals surface area contributed by atoms with Gasteiger partial charge in [-0.15, -0.1) is 0 Å². The minimum absolute atomic E-state index is 0.101. The minimum atomic E-state index is 0.101. The van der Waals surface area contributed by atoms with Gasteiger partial charge in [-0.1, -0.05) is 117 Å². The third kappa shape index (κ3) is 15.8. The van der Waals surface area contributed by atoms with Gasteiger partial charge in [-0.05, 0) is 69.1 Å². The molecule has 2 nitrogen and oxygen atoms in total. The lowest BCUT2D eigenvalue weighted by Gasteiger charge is -2.39. The van der Waals surface area contributed by atoms with Crippen LogP contribution in [-0.4, -0.2) is 16.8 Å². The Balaban J connectivity index is 0. The standard InChI is InChI=1S/C14H31OP.C9H12.C8H15N/c1-7-10-14(9-3,16-15)11-12(8-2)13(4,5)6;1-3-9-6-4-5-8(2)7-9;1-4-6-8(5-2)7-9-3/h12,15-16H,7-11H2,1-6H3;4-7H,3H2,1-2H3;7H,3-6H2,1-2H3/b;;8-7-. The molecule has 0 heterocycles. The molecule has 0 saturated carbocycles.